The van der Waals surface area contributed by atoms with Gasteiger partial charge in [0.1, 0.15) is 5.82 Å². The van der Waals surface area contributed by atoms with E-state index in [0.29, 0.717) is 47.0 Å². The van der Waals surface area contributed by atoms with Crippen LogP contribution >= 0.6 is 0 Å². The number of aromatic amines is 1. The van der Waals surface area contributed by atoms with Crippen LogP contribution in [0.5, 0.6) is 0 Å². The highest BCUT2D eigenvalue weighted by Crippen LogP contribution is 2.33. The maximum Gasteiger partial charge on any atom is 0.327 e. The minimum atomic E-state index is -0.334. The van der Waals surface area contributed by atoms with Gasteiger partial charge in [-0.3, -0.25) is 14.8 Å². The van der Waals surface area contributed by atoms with E-state index < -0.39 is 0 Å². The number of para-hydroxylation sites is 1. The van der Waals surface area contributed by atoms with Gasteiger partial charge in [-0.15, -0.1) is 0 Å². The number of fused-ring (bicyclic) bond motifs is 3. The fraction of sp³-hybridized carbons (Fsp3) is 0.0870. The lowest BCUT2D eigenvalue weighted by Crippen LogP contribution is -2.37. The lowest BCUT2D eigenvalue weighted by molar-refractivity contribution is 0.257. The van der Waals surface area contributed by atoms with Crippen molar-refractivity contribution in [2.24, 2.45) is 0 Å². The number of urea groups is 1. The van der Waals surface area contributed by atoms with Crippen LogP contribution in [0.3, 0.4) is 0 Å². The third-order valence-corrected chi connectivity index (χ3v) is 5.28. The van der Waals surface area contributed by atoms with Gasteiger partial charge in [0.15, 0.2) is 0 Å². The second kappa shape index (κ2) is 7.49. The van der Waals surface area contributed by atoms with Crippen LogP contribution in [0.2, 0.25) is 0 Å². The Labute approximate surface area is 177 Å². The summed E-state index contributed by atoms with van der Waals surface area (Å²) < 4.78 is 1.53. The van der Waals surface area contributed by atoms with Gasteiger partial charge in [0.2, 0.25) is 0 Å². The van der Waals surface area contributed by atoms with Crippen LogP contribution in [-0.4, -0.2) is 27.3 Å². The quantitative estimate of drug-likeness (QED) is 0.438. The first-order valence-corrected chi connectivity index (χ1v) is 9.90. The van der Waals surface area contributed by atoms with E-state index in [1.807, 2.05) is 36.4 Å². The molecular weight excluding hydrogens is 392 g/mol. The van der Waals surface area contributed by atoms with E-state index in [4.69, 9.17) is 5.73 Å². The lowest BCUT2D eigenvalue weighted by atomic mass is 10.1. The van der Waals surface area contributed by atoms with Crippen molar-refractivity contribution < 1.29 is 4.79 Å². The monoisotopic (exact) mass is 412 g/mol. The molecule has 154 valence electrons. The number of nitrogens with one attached hydrogen (secondary N) is 2. The van der Waals surface area contributed by atoms with Crippen molar-refractivity contribution in [2.45, 2.75) is 6.42 Å². The highest BCUT2D eigenvalue weighted by atomic mass is 16.2. The van der Waals surface area contributed by atoms with E-state index in [-0.39, 0.29) is 11.6 Å². The Morgan fingerprint density at radius 2 is 1.90 bits per heavy atom. The molecule has 5 rings (SSSR count). The molecule has 4 aromatic rings. The number of carbonyl (C=O) groups excluding carboxylic acids is 1. The molecule has 3 heterocycles. The third kappa shape index (κ3) is 3.33. The van der Waals surface area contributed by atoms with E-state index in [9.17, 15) is 9.59 Å². The van der Waals surface area contributed by atoms with Crippen LogP contribution in [0.15, 0.2) is 77.7 Å². The van der Waals surface area contributed by atoms with Gasteiger partial charge in [-0.1, -0.05) is 24.3 Å². The van der Waals surface area contributed by atoms with E-state index in [1.165, 1.54) is 4.68 Å². The summed E-state index contributed by atoms with van der Waals surface area (Å²) in [5.41, 5.74) is 9.59. The molecule has 0 saturated heterocycles. The number of pyridine rings is 1. The van der Waals surface area contributed by atoms with Crippen LogP contribution in [0.25, 0.3) is 16.9 Å². The molecule has 1 aliphatic heterocycles. The molecule has 0 fully saturated rings. The normalized spacial score (nSPS) is 12.6. The lowest BCUT2D eigenvalue weighted by Gasteiger charge is -2.22. The first kappa shape index (κ1) is 18.7. The molecule has 8 heteroatoms. The van der Waals surface area contributed by atoms with Crippen molar-refractivity contribution in [1.82, 2.24) is 14.8 Å². The fourth-order valence-electron chi connectivity index (χ4n) is 3.83. The first-order valence-electron chi connectivity index (χ1n) is 9.90. The number of benzene rings is 2. The SMILES string of the molecule is Nc1cccc(NC(=O)N2CCc3c([nH]n(-c4ccccc4)c3=O)-c3cccnc32)c1. The van der Waals surface area contributed by atoms with Crippen LogP contribution in [0.1, 0.15) is 5.56 Å². The molecule has 0 saturated carbocycles. The molecule has 0 unspecified atom stereocenters. The number of rotatable bonds is 2. The zero-order valence-corrected chi connectivity index (χ0v) is 16.6. The predicted octanol–water partition coefficient (Wildman–Crippen LogP) is 3.40. The molecule has 8 nitrogen and oxygen atoms in total. The van der Waals surface area contributed by atoms with E-state index in [1.54, 1.807) is 41.4 Å². The Bertz CT molecular complexity index is 1330. The molecular formula is C23H20N6O2. The molecule has 2 aromatic carbocycles. The summed E-state index contributed by atoms with van der Waals surface area (Å²) in [6, 6.07) is 19.7. The summed E-state index contributed by atoms with van der Waals surface area (Å²) in [4.78, 5) is 32.3. The van der Waals surface area contributed by atoms with Crippen molar-refractivity contribution in [3.63, 3.8) is 0 Å². The van der Waals surface area contributed by atoms with Crippen molar-refractivity contribution >= 4 is 23.2 Å². The number of hydrogen-bond acceptors (Lipinski definition) is 4. The van der Waals surface area contributed by atoms with Crippen LogP contribution < -0.4 is 21.5 Å². The summed E-state index contributed by atoms with van der Waals surface area (Å²) >= 11 is 0. The second-order valence-corrected chi connectivity index (χ2v) is 7.27. The summed E-state index contributed by atoms with van der Waals surface area (Å²) in [5.74, 6) is 0.490. The van der Waals surface area contributed by atoms with Gasteiger partial charge >= 0.3 is 6.03 Å². The average Bonchev–Trinajstić information content (AvgIpc) is 3.01. The van der Waals surface area contributed by atoms with Crippen LogP contribution in [0, 0.1) is 0 Å². The first-order chi connectivity index (χ1) is 15.1. The number of nitrogen functional groups attached to an aromatic ring is 1. The van der Waals surface area contributed by atoms with Crippen molar-refractivity contribution in [1.29, 1.82) is 0 Å². The van der Waals surface area contributed by atoms with Gasteiger partial charge in [0.25, 0.3) is 5.56 Å². The maximum atomic E-state index is 13.2. The molecule has 0 spiro atoms. The van der Waals surface area contributed by atoms with E-state index in [0.717, 1.165) is 5.69 Å². The highest BCUT2D eigenvalue weighted by molar-refractivity contribution is 6.04. The van der Waals surface area contributed by atoms with Gasteiger partial charge in [-0.25, -0.2) is 14.5 Å². The van der Waals surface area contributed by atoms with Gasteiger partial charge in [-0.2, -0.15) is 0 Å². The molecule has 4 N–H and O–H groups in total. The second-order valence-electron chi connectivity index (χ2n) is 7.27. The Hall–Kier alpha value is -4.33. The number of aromatic nitrogens is 3. The summed E-state index contributed by atoms with van der Waals surface area (Å²) in [5, 5.41) is 6.09. The Balaban J connectivity index is 1.55. The molecule has 0 atom stereocenters. The van der Waals surface area contributed by atoms with Gasteiger partial charge < -0.3 is 11.1 Å². The zero-order chi connectivity index (χ0) is 21.4. The standard InChI is InChI=1S/C23H20N6O2/c24-15-6-4-7-16(14-15)26-23(31)28-13-11-19-20(18-10-5-12-25-21(18)28)27-29(22(19)30)17-8-2-1-3-9-17/h1-10,12,14,27H,11,13,24H2,(H,26,31). The molecule has 0 aliphatic carbocycles. The van der Waals surface area contributed by atoms with Crippen molar-refractivity contribution in [3.05, 3.63) is 88.8 Å². The van der Waals surface area contributed by atoms with Crippen molar-refractivity contribution in [3.8, 4) is 16.9 Å². The Morgan fingerprint density at radius 1 is 1.06 bits per heavy atom. The number of H-pyrrole nitrogens is 1. The largest absolute Gasteiger partial charge is 0.399 e. The smallest absolute Gasteiger partial charge is 0.327 e. The van der Waals surface area contributed by atoms with Gasteiger partial charge in [0, 0.05) is 35.2 Å². The molecule has 0 bridgehead atoms. The number of nitrogens with two attached hydrogens (primary N) is 1. The highest BCUT2D eigenvalue weighted by Gasteiger charge is 2.29. The number of carbonyl (C=O) groups is 1. The zero-order valence-electron chi connectivity index (χ0n) is 16.6. The molecule has 31 heavy (non-hydrogen) atoms. The maximum absolute atomic E-state index is 13.2. The van der Waals surface area contributed by atoms with Crippen LogP contribution in [0.4, 0.5) is 22.0 Å². The summed E-state index contributed by atoms with van der Waals surface area (Å²) in [6.45, 7) is 0.313. The minimum absolute atomic E-state index is 0.130. The number of nitrogens with zero attached hydrogens (tertiary/aromatic N) is 3. The average molecular weight is 412 g/mol. The number of hydrogen-bond donors (Lipinski definition) is 3. The fourth-order valence-corrected chi connectivity index (χ4v) is 3.83. The number of anilines is 3. The number of amides is 2. The topological polar surface area (TPSA) is 109 Å². The van der Waals surface area contributed by atoms with E-state index >= 15 is 0 Å². The Kier molecular flexibility index (Phi) is 4.51. The molecule has 0 radical (unpaired) electrons. The minimum Gasteiger partial charge on any atom is -0.399 e. The predicted molar refractivity (Wildman–Crippen MR) is 121 cm³/mol. The third-order valence-electron chi connectivity index (χ3n) is 5.28. The van der Waals surface area contributed by atoms with Gasteiger partial charge in [-0.05, 0) is 48.9 Å². The van der Waals surface area contributed by atoms with E-state index in [2.05, 4.69) is 15.4 Å². The van der Waals surface area contributed by atoms with Crippen LogP contribution in [-0.2, 0) is 6.42 Å². The molecule has 2 aromatic heterocycles. The summed E-state index contributed by atoms with van der Waals surface area (Å²) in [7, 11) is 0. The molecule has 2 amide bonds. The van der Waals surface area contributed by atoms with Crippen molar-refractivity contribution in [2.75, 3.05) is 22.5 Å². The summed E-state index contributed by atoms with van der Waals surface area (Å²) in [6.07, 6.45) is 2.03. The van der Waals surface area contributed by atoms with Gasteiger partial charge in [0.05, 0.1) is 11.4 Å². The Morgan fingerprint density at radius 3 is 2.71 bits per heavy atom. The molecule has 1 aliphatic rings.